The van der Waals surface area contributed by atoms with Crippen molar-refractivity contribution in [3.63, 3.8) is 0 Å². The van der Waals surface area contributed by atoms with E-state index in [4.69, 9.17) is 10.2 Å². The Balaban J connectivity index is 2.34. The van der Waals surface area contributed by atoms with Gasteiger partial charge in [0, 0.05) is 18.0 Å². The van der Waals surface area contributed by atoms with Gasteiger partial charge in [0.25, 0.3) is 5.89 Å². The maximum atomic E-state index is 8.73. The largest absolute Gasteiger partial charge is 0.361 e. The highest BCUT2D eigenvalue weighted by atomic mass is 16.5. The topological polar surface area (TPSA) is 92.3 Å². The first-order valence-corrected chi connectivity index (χ1v) is 3.87. The molecular formula is C8H7N3O3. The van der Waals surface area contributed by atoms with Crippen molar-refractivity contribution < 1.29 is 14.7 Å². The molecule has 6 heteroatoms. The van der Waals surface area contributed by atoms with Crippen LogP contribution in [0.25, 0.3) is 11.4 Å². The molecule has 0 aromatic carbocycles. The molecule has 2 aromatic rings. The molecule has 0 aliphatic carbocycles. The monoisotopic (exact) mass is 193 g/mol. The standard InChI is InChI=1S/C8H7N3O3/c12-8(13)7-10-6(11-14-7)5-1-3-9-4-2-5/h1-4,8,12-13H. The fraction of sp³-hybridized carbons (Fsp3) is 0.125. The van der Waals surface area contributed by atoms with Crippen molar-refractivity contribution in [2.75, 3.05) is 0 Å². The lowest BCUT2D eigenvalue weighted by Crippen LogP contribution is -1.94. The summed E-state index contributed by atoms with van der Waals surface area (Å²) in [5.41, 5.74) is 0.704. The predicted molar refractivity (Wildman–Crippen MR) is 44.7 cm³/mol. The molecule has 0 fully saturated rings. The van der Waals surface area contributed by atoms with E-state index in [0.29, 0.717) is 11.4 Å². The van der Waals surface area contributed by atoms with E-state index in [0.717, 1.165) is 0 Å². The SMILES string of the molecule is OC(O)c1nc(-c2ccncc2)no1. The van der Waals surface area contributed by atoms with Gasteiger partial charge in [0.15, 0.2) is 0 Å². The summed E-state index contributed by atoms with van der Waals surface area (Å²) in [5.74, 6) is 0.0762. The Kier molecular flexibility index (Phi) is 2.21. The second kappa shape index (κ2) is 3.52. The van der Waals surface area contributed by atoms with Crippen molar-refractivity contribution in [3.05, 3.63) is 30.4 Å². The van der Waals surface area contributed by atoms with Gasteiger partial charge in [0.2, 0.25) is 12.1 Å². The van der Waals surface area contributed by atoms with E-state index in [2.05, 4.69) is 19.6 Å². The van der Waals surface area contributed by atoms with E-state index in [1.807, 2.05) is 0 Å². The number of aromatic nitrogens is 3. The molecule has 0 aliphatic rings. The predicted octanol–water partition coefficient (Wildman–Crippen LogP) is 0.115. The minimum absolute atomic E-state index is 0.225. The van der Waals surface area contributed by atoms with Gasteiger partial charge in [0.1, 0.15) is 0 Å². The number of aliphatic hydroxyl groups excluding tert-OH is 1. The second-order valence-corrected chi connectivity index (χ2v) is 2.57. The van der Waals surface area contributed by atoms with E-state index in [1.54, 1.807) is 24.5 Å². The number of hydrogen-bond acceptors (Lipinski definition) is 6. The van der Waals surface area contributed by atoms with Crippen molar-refractivity contribution >= 4 is 0 Å². The van der Waals surface area contributed by atoms with Gasteiger partial charge in [-0.15, -0.1) is 0 Å². The Morgan fingerprint density at radius 2 is 1.93 bits per heavy atom. The fourth-order valence-corrected chi connectivity index (χ4v) is 0.958. The molecule has 0 saturated heterocycles. The maximum absolute atomic E-state index is 8.73. The van der Waals surface area contributed by atoms with Crippen molar-refractivity contribution in [3.8, 4) is 11.4 Å². The molecule has 0 spiro atoms. The highest BCUT2D eigenvalue weighted by molar-refractivity contribution is 5.52. The van der Waals surface area contributed by atoms with Crippen LogP contribution in [0.15, 0.2) is 29.0 Å². The number of nitrogens with zero attached hydrogens (tertiary/aromatic N) is 3. The van der Waals surface area contributed by atoms with Crippen LogP contribution in [-0.2, 0) is 0 Å². The number of pyridine rings is 1. The lowest BCUT2D eigenvalue weighted by molar-refractivity contribution is -0.0651. The van der Waals surface area contributed by atoms with E-state index in [-0.39, 0.29) is 5.89 Å². The zero-order valence-electron chi connectivity index (χ0n) is 7.03. The van der Waals surface area contributed by atoms with Gasteiger partial charge in [-0.05, 0) is 12.1 Å². The number of rotatable bonds is 2. The van der Waals surface area contributed by atoms with Crippen molar-refractivity contribution in [1.82, 2.24) is 15.1 Å². The lowest BCUT2D eigenvalue weighted by atomic mass is 10.2. The summed E-state index contributed by atoms with van der Waals surface area (Å²) in [5, 5.41) is 21.0. The third-order valence-electron chi connectivity index (χ3n) is 1.60. The minimum Gasteiger partial charge on any atom is -0.361 e. The first-order valence-electron chi connectivity index (χ1n) is 3.87. The van der Waals surface area contributed by atoms with Crippen LogP contribution in [0.1, 0.15) is 12.2 Å². The van der Waals surface area contributed by atoms with Gasteiger partial charge < -0.3 is 14.7 Å². The van der Waals surface area contributed by atoms with E-state index >= 15 is 0 Å². The van der Waals surface area contributed by atoms with E-state index < -0.39 is 6.29 Å². The Morgan fingerprint density at radius 1 is 1.21 bits per heavy atom. The van der Waals surface area contributed by atoms with Crippen LogP contribution in [-0.4, -0.2) is 25.3 Å². The second-order valence-electron chi connectivity index (χ2n) is 2.57. The summed E-state index contributed by atoms with van der Waals surface area (Å²) in [6.07, 6.45) is 1.43. The highest BCUT2D eigenvalue weighted by Crippen LogP contribution is 2.16. The quantitative estimate of drug-likeness (QED) is 0.658. The zero-order valence-corrected chi connectivity index (χ0v) is 7.03. The van der Waals surface area contributed by atoms with Crippen molar-refractivity contribution in [1.29, 1.82) is 0 Å². The molecule has 2 aromatic heterocycles. The van der Waals surface area contributed by atoms with Gasteiger partial charge in [-0.2, -0.15) is 4.98 Å². The molecular weight excluding hydrogens is 186 g/mol. The average Bonchev–Trinajstić information content (AvgIpc) is 2.68. The van der Waals surface area contributed by atoms with Gasteiger partial charge in [-0.3, -0.25) is 4.98 Å². The summed E-state index contributed by atoms with van der Waals surface area (Å²) in [7, 11) is 0. The Bertz CT molecular complexity index is 413. The molecule has 0 atom stereocenters. The van der Waals surface area contributed by atoms with Crippen LogP contribution >= 0.6 is 0 Å². The molecule has 6 nitrogen and oxygen atoms in total. The molecule has 72 valence electrons. The summed E-state index contributed by atoms with van der Waals surface area (Å²) < 4.78 is 4.60. The molecule has 0 saturated carbocycles. The summed E-state index contributed by atoms with van der Waals surface area (Å²) in [4.78, 5) is 7.60. The molecule has 2 heterocycles. The minimum atomic E-state index is -1.74. The van der Waals surface area contributed by atoms with Gasteiger partial charge in [0.05, 0.1) is 0 Å². The van der Waals surface area contributed by atoms with Crippen LogP contribution in [0.5, 0.6) is 0 Å². The molecule has 0 bridgehead atoms. The molecule has 2 N–H and O–H groups in total. The van der Waals surface area contributed by atoms with E-state index in [1.165, 1.54) is 0 Å². The number of aliphatic hydroxyl groups is 2. The summed E-state index contributed by atoms with van der Waals surface area (Å²) in [6, 6.07) is 3.39. The molecule has 0 aliphatic heterocycles. The van der Waals surface area contributed by atoms with Gasteiger partial charge in [-0.1, -0.05) is 5.16 Å². The smallest absolute Gasteiger partial charge is 0.283 e. The van der Waals surface area contributed by atoms with Gasteiger partial charge in [-0.25, -0.2) is 0 Å². The molecule has 0 unspecified atom stereocenters. The fourth-order valence-electron chi connectivity index (χ4n) is 0.958. The third kappa shape index (κ3) is 1.61. The summed E-state index contributed by atoms with van der Waals surface area (Å²) in [6.45, 7) is 0. The maximum Gasteiger partial charge on any atom is 0.283 e. The highest BCUT2D eigenvalue weighted by Gasteiger charge is 2.13. The Hall–Kier alpha value is -1.79. The Morgan fingerprint density at radius 3 is 2.50 bits per heavy atom. The first kappa shape index (κ1) is 8.79. The third-order valence-corrected chi connectivity index (χ3v) is 1.60. The molecule has 0 amide bonds. The lowest BCUT2D eigenvalue weighted by Gasteiger charge is -1.92. The van der Waals surface area contributed by atoms with E-state index in [9.17, 15) is 0 Å². The molecule has 0 radical (unpaired) electrons. The normalized spacial score (nSPS) is 10.8. The van der Waals surface area contributed by atoms with Crippen LogP contribution < -0.4 is 0 Å². The number of hydrogen-bond donors (Lipinski definition) is 2. The van der Waals surface area contributed by atoms with Crippen LogP contribution in [0, 0.1) is 0 Å². The van der Waals surface area contributed by atoms with Crippen LogP contribution in [0.3, 0.4) is 0 Å². The zero-order chi connectivity index (χ0) is 9.97. The van der Waals surface area contributed by atoms with Gasteiger partial charge >= 0.3 is 0 Å². The molecule has 14 heavy (non-hydrogen) atoms. The van der Waals surface area contributed by atoms with Crippen molar-refractivity contribution in [2.45, 2.75) is 6.29 Å². The Labute approximate surface area is 78.8 Å². The summed E-state index contributed by atoms with van der Waals surface area (Å²) >= 11 is 0. The first-order chi connectivity index (χ1) is 6.77. The van der Waals surface area contributed by atoms with Crippen LogP contribution in [0.4, 0.5) is 0 Å². The van der Waals surface area contributed by atoms with Crippen molar-refractivity contribution in [2.24, 2.45) is 0 Å². The average molecular weight is 193 g/mol. The van der Waals surface area contributed by atoms with Crippen LogP contribution in [0.2, 0.25) is 0 Å². The molecule has 2 rings (SSSR count).